The van der Waals surface area contributed by atoms with Crippen LogP contribution >= 0.6 is 0 Å². The van der Waals surface area contributed by atoms with Crippen molar-refractivity contribution in [2.24, 2.45) is 7.05 Å². The van der Waals surface area contributed by atoms with Gasteiger partial charge < -0.3 is 10.6 Å². The van der Waals surface area contributed by atoms with Crippen molar-refractivity contribution in [3.05, 3.63) is 17.5 Å². The van der Waals surface area contributed by atoms with E-state index < -0.39 is 0 Å². The van der Waals surface area contributed by atoms with Crippen LogP contribution in [0.2, 0.25) is 0 Å². The summed E-state index contributed by atoms with van der Waals surface area (Å²) in [4.78, 5) is 0. The van der Waals surface area contributed by atoms with Crippen molar-refractivity contribution < 1.29 is 0 Å². The van der Waals surface area contributed by atoms with Gasteiger partial charge in [-0.25, -0.2) is 0 Å². The molecule has 1 atom stereocenters. The molecule has 0 aromatic carbocycles. The fraction of sp³-hybridized carbons (Fsp3) is 0.750. The van der Waals surface area contributed by atoms with Crippen LogP contribution in [-0.2, 0) is 7.05 Å². The van der Waals surface area contributed by atoms with Gasteiger partial charge in [-0.05, 0) is 39.8 Å². The molecule has 0 amide bonds. The molecule has 0 radical (unpaired) electrons. The number of nitrogens with one attached hydrogen (secondary N) is 2. The van der Waals surface area contributed by atoms with Gasteiger partial charge in [-0.3, -0.25) is 4.68 Å². The second kappa shape index (κ2) is 4.97. The van der Waals surface area contributed by atoms with Gasteiger partial charge in [0.2, 0.25) is 0 Å². The van der Waals surface area contributed by atoms with E-state index in [9.17, 15) is 0 Å². The van der Waals surface area contributed by atoms with E-state index in [1.807, 2.05) is 17.9 Å². The standard InChI is InChI=1S/C12H22N4/c1-9(12-8-14-16(3)10(12)2)15-11-4-6-13-7-5-11/h8-9,11,13,15H,4-7H2,1-3H3. The Morgan fingerprint density at radius 1 is 1.50 bits per heavy atom. The summed E-state index contributed by atoms with van der Waals surface area (Å²) < 4.78 is 1.94. The maximum atomic E-state index is 4.29. The quantitative estimate of drug-likeness (QED) is 0.805. The van der Waals surface area contributed by atoms with E-state index in [0.29, 0.717) is 12.1 Å². The Bertz CT molecular complexity index is 339. The largest absolute Gasteiger partial charge is 0.317 e. The lowest BCUT2D eigenvalue weighted by molar-refractivity contribution is 0.358. The molecule has 0 saturated carbocycles. The Hall–Kier alpha value is -0.870. The van der Waals surface area contributed by atoms with Gasteiger partial charge in [0.05, 0.1) is 6.20 Å². The highest BCUT2D eigenvalue weighted by Gasteiger charge is 2.18. The van der Waals surface area contributed by atoms with E-state index in [2.05, 4.69) is 29.6 Å². The van der Waals surface area contributed by atoms with Crippen LogP contribution in [0.1, 0.15) is 37.1 Å². The number of aryl methyl sites for hydroxylation is 1. The molecule has 0 aliphatic carbocycles. The number of nitrogens with zero attached hydrogens (tertiary/aromatic N) is 2. The third kappa shape index (κ3) is 2.44. The molecule has 90 valence electrons. The van der Waals surface area contributed by atoms with Crippen LogP contribution in [-0.4, -0.2) is 28.9 Å². The van der Waals surface area contributed by atoms with Crippen molar-refractivity contribution in [2.75, 3.05) is 13.1 Å². The van der Waals surface area contributed by atoms with Gasteiger partial charge in [0.15, 0.2) is 0 Å². The summed E-state index contributed by atoms with van der Waals surface area (Å²) in [6.45, 7) is 6.63. The lowest BCUT2D eigenvalue weighted by Crippen LogP contribution is -2.41. The van der Waals surface area contributed by atoms with Crippen molar-refractivity contribution in [3.8, 4) is 0 Å². The van der Waals surface area contributed by atoms with E-state index in [1.165, 1.54) is 24.1 Å². The molecule has 2 rings (SSSR count). The highest BCUT2D eigenvalue weighted by molar-refractivity contribution is 5.19. The first-order valence-electron chi connectivity index (χ1n) is 6.13. The molecule has 1 fully saturated rings. The molecule has 2 heterocycles. The van der Waals surface area contributed by atoms with Crippen LogP contribution in [0.3, 0.4) is 0 Å². The van der Waals surface area contributed by atoms with E-state index in [1.54, 1.807) is 0 Å². The third-order valence-corrected chi connectivity index (χ3v) is 3.56. The lowest BCUT2D eigenvalue weighted by Gasteiger charge is -2.27. The van der Waals surface area contributed by atoms with Crippen LogP contribution in [0.25, 0.3) is 0 Å². The Balaban J connectivity index is 1.96. The first-order valence-corrected chi connectivity index (χ1v) is 6.13. The zero-order valence-corrected chi connectivity index (χ0v) is 10.5. The number of hydrogen-bond acceptors (Lipinski definition) is 3. The summed E-state index contributed by atoms with van der Waals surface area (Å²) in [5.41, 5.74) is 2.58. The maximum absolute atomic E-state index is 4.29. The first kappa shape index (κ1) is 11.6. The Kier molecular flexibility index (Phi) is 3.61. The average Bonchev–Trinajstić information content (AvgIpc) is 2.61. The Morgan fingerprint density at radius 3 is 2.75 bits per heavy atom. The zero-order chi connectivity index (χ0) is 11.5. The van der Waals surface area contributed by atoms with Crippen LogP contribution in [0.4, 0.5) is 0 Å². The zero-order valence-electron chi connectivity index (χ0n) is 10.5. The number of piperidine rings is 1. The second-order valence-corrected chi connectivity index (χ2v) is 4.72. The SMILES string of the molecule is Cc1c(C(C)NC2CCNCC2)cnn1C. The highest BCUT2D eigenvalue weighted by Crippen LogP contribution is 2.18. The van der Waals surface area contributed by atoms with Crippen molar-refractivity contribution in [3.63, 3.8) is 0 Å². The van der Waals surface area contributed by atoms with Gasteiger partial charge in [0, 0.05) is 30.4 Å². The van der Waals surface area contributed by atoms with E-state index >= 15 is 0 Å². The smallest absolute Gasteiger partial charge is 0.0540 e. The predicted molar refractivity (Wildman–Crippen MR) is 65.4 cm³/mol. The van der Waals surface area contributed by atoms with E-state index in [4.69, 9.17) is 0 Å². The average molecular weight is 222 g/mol. The molecular formula is C12H22N4. The van der Waals surface area contributed by atoms with Crippen LogP contribution < -0.4 is 10.6 Å². The molecule has 1 unspecified atom stereocenters. The molecule has 1 aliphatic rings. The molecule has 1 aromatic heterocycles. The van der Waals surface area contributed by atoms with Gasteiger partial charge in [-0.1, -0.05) is 0 Å². The molecule has 1 aromatic rings. The monoisotopic (exact) mass is 222 g/mol. The van der Waals surface area contributed by atoms with Gasteiger partial charge in [0.1, 0.15) is 0 Å². The molecule has 1 saturated heterocycles. The molecule has 2 N–H and O–H groups in total. The fourth-order valence-corrected chi connectivity index (χ4v) is 2.37. The first-order chi connectivity index (χ1) is 7.68. The summed E-state index contributed by atoms with van der Waals surface area (Å²) in [5, 5.41) is 11.4. The van der Waals surface area contributed by atoms with Gasteiger partial charge in [0.25, 0.3) is 0 Å². The normalized spacial score (nSPS) is 19.9. The topological polar surface area (TPSA) is 41.9 Å². The fourth-order valence-electron chi connectivity index (χ4n) is 2.37. The minimum Gasteiger partial charge on any atom is -0.317 e. The summed E-state index contributed by atoms with van der Waals surface area (Å²) in [5.74, 6) is 0. The van der Waals surface area contributed by atoms with E-state index in [-0.39, 0.29) is 0 Å². The molecule has 16 heavy (non-hydrogen) atoms. The number of aromatic nitrogens is 2. The Labute approximate surface area is 97.4 Å². The van der Waals surface area contributed by atoms with Gasteiger partial charge >= 0.3 is 0 Å². The van der Waals surface area contributed by atoms with Crippen molar-refractivity contribution in [1.29, 1.82) is 0 Å². The molecule has 0 spiro atoms. The second-order valence-electron chi connectivity index (χ2n) is 4.72. The molecule has 0 bridgehead atoms. The highest BCUT2D eigenvalue weighted by atomic mass is 15.3. The molecule has 1 aliphatic heterocycles. The molecular weight excluding hydrogens is 200 g/mol. The van der Waals surface area contributed by atoms with Gasteiger partial charge in [-0.15, -0.1) is 0 Å². The van der Waals surface area contributed by atoms with Crippen LogP contribution in [0.15, 0.2) is 6.20 Å². The van der Waals surface area contributed by atoms with Crippen molar-refractivity contribution in [1.82, 2.24) is 20.4 Å². The minimum absolute atomic E-state index is 0.400. The summed E-state index contributed by atoms with van der Waals surface area (Å²) >= 11 is 0. The Morgan fingerprint density at radius 2 is 2.19 bits per heavy atom. The summed E-state index contributed by atoms with van der Waals surface area (Å²) in [6.07, 6.45) is 4.43. The summed E-state index contributed by atoms with van der Waals surface area (Å²) in [7, 11) is 2.00. The van der Waals surface area contributed by atoms with Crippen molar-refractivity contribution >= 4 is 0 Å². The number of hydrogen-bond donors (Lipinski definition) is 2. The maximum Gasteiger partial charge on any atom is 0.0540 e. The molecule has 4 heteroatoms. The van der Waals surface area contributed by atoms with Gasteiger partial charge in [-0.2, -0.15) is 5.10 Å². The third-order valence-electron chi connectivity index (χ3n) is 3.56. The number of rotatable bonds is 3. The lowest BCUT2D eigenvalue weighted by atomic mass is 10.0. The predicted octanol–water partition coefficient (Wildman–Crippen LogP) is 1.13. The van der Waals surface area contributed by atoms with Crippen LogP contribution in [0.5, 0.6) is 0 Å². The molecule has 4 nitrogen and oxygen atoms in total. The minimum atomic E-state index is 0.400. The van der Waals surface area contributed by atoms with E-state index in [0.717, 1.165) is 13.1 Å². The van der Waals surface area contributed by atoms with Crippen molar-refractivity contribution in [2.45, 2.75) is 38.8 Å². The summed E-state index contributed by atoms with van der Waals surface area (Å²) in [6, 6.07) is 1.05. The van der Waals surface area contributed by atoms with Crippen LogP contribution in [0, 0.1) is 6.92 Å².